The number of carbonyl (C=O) groups excluding carboxylic acids is 1. The minimum atomic E-state index is -1.72. The lowest BCUT2D eigenvalue weighted by atomic mass is 9.98. The number of unbranched alkanes of at least 4 members (excludes halogenated alkanes) is 12. The topological polar surface area (TPSA) is 214 Å². The van der Waals surface area contributed by atoms with Crippen molar-refractivity contribution < 1.29 is 69.0 Å². The van der Waals surface area contributed by atoms with E-state index in [0.29, 0.717) is 13.0 Å². The molecule has 2 aliphatic heterocycles. The molecule has 11 unspecified atom stereocenters. The van der Waals surface area contributed by atoms with Crippen LogP contribution in [0.25, 0.3) is 0 Å². The van der Waals surface area contributed by atoms with Gasteiger partial charge >= 0.3 is 5.97 Å². The number of hydrogen-bond donors (Lipinski definition) is 7. The van der Waals surface area contributed by atoms with E-state index in [-0.39, 0.29) is 19.6 Å². The summed E-state index contributed by atoms with van der Waals surface area (Å²) in [5, 5.41) is 72.1. The summed E-state index contributed by atoms with van der Waals surface area (Å²) in [7, 11) is 0. The quantitative estimate of drug-likeness (QED) is 0.0176. The van der Waals surface area contributed by atoms with Crippen molar-refractivity contribution in [3.05, 3.63) is 85.1 Å². The lowest BCUT2D eigenvalue weighted by Crippen LogP contribution is -2.61. The van der Waals surface area contributed by atoms with Gasteiger partial charge < -0.3 is 64.2 Å². The molecule has 0 aromatic carbocycles. The molecule has 0 bridgehead atoms. The van der Waals surface area contributed by atoms with Crippen LogP contribution >= 0.6 is 0 Å². The predicted octanol–water partition coefficient (Wildman–Crippen LogP) is 8.07. The summed E-state index contributed by atoms with van der Waals surface area (Å²) in [5.41, 5.74) is 0. The van der Waals surface area contributed by atoms with Gasteiger partial charge in [-0.1, -0.05) is 150 Å². The molecule has 0 aliphatic carbocycles. The van der Waals surface area contributed by atoms with E-state index in [2.05, 4.69) is 98.9 Å². The van der Waals surface area contributed by atoms with Crippen molar-refractivity contribution in [1.82, 2.24) is 0 Å². The first-order chi connectivity index (χ1) is 33.6. The van der Waals surface area contributed by atoms with Crippen LogP contribution < -0.4 is 0 Å². The number of aliphatic hydroxyl groups excluding tert-OH is 7. The van der Waals surface area contributed by atoms with Crippen LogP contribution in [0.15, 0.2) is 85.1 Å². The van der Waals surface area contributed by atoms with Crippen LogP contribution in [0.3, 0.4) is 0 Å². The third kappa shape index (κ3) is 29.3. The molecule has 2 aliphatic rings. The molecule has 14 nitrogen and oxygen atoms in total. The zero-order valence-electron chi connectivity index (χ0n) is 42.0. The van der Waals surface area contributed by atoms with Gasteiger partial charge in [0.25, 0.3) is 0 Å². The normalized spacial score (nSPS) is 26.4. The van der Waals surface area contributed by atoms with Crippen LogP contribution in [0.2, 0.25) is 0 Å². The second kappa shape index (κ2) is 41.8. The highest BCUT2D eigenvalue weighted by Crippen LogP contribution is 2.26. The van der Waals surface area contributed by atoms with E-state index in [1.54, 1.807) is 0 Å². The SMILES string of the molecule is CC/C=C\C/C=C\C/C=C\C/C=C\C/C=C\C/C=C\CCCCCCC(=O)OC(COCCCCCCCC/C=C\CCCC)COC1OC(COC2OC(CO)C(O)C(O)C2O)C(O)C(O)C1O. The van der Waals surface area contributed by atoms with E-state index in [9.17, 15) is 40.5 Å². The van der Waals surface area contributed by atoms with Gasteiger partial charge in [0.05, 0.1) is 26.4 Å². The Morgan fingerprint density at radius 2 is 0.942 bits per heavy atom. The molecule has 2 fully saturated rings. The first kappa shape index (κ1) is 62.3. The van der Waals surface area contributed by atoms with Gasteiger partial charge in [0, 0.05) is 13.0 Å². The molecule has 69 heavy (non-hydrogen) atoms. The summed E-state index contributed by atoms with van der Waals surface area (Å²) in [6.07, 6.45) is 36.4. The van der Waals surface area contributed by atoms with E-state index >= 15 is 0 Å². The molecule has 0 aromatic rings. The summed E-state index contributed by atoms with van der Waals surface area (Å²) in [6.45, 7) is 3.46. The number of allylic oxidation sites excluding steroid dienone is 14. The van der Waals surface area contributed by atoms with Crippen LogP contribution in [-0.4, -0.2) is 142 Å². The van der Waals surface area contributed by atoms with Gasteiger partial charge in [-0.2, -0.15) is 0 Å². The fourth-order valence-electron chi connectivity index (χ4n) is 7.62. The molecule has 0 amide bonds. The van der Waals surface area contributed by atoms with Crippen LogP contribution in [0, 0.1) is 0 Å². The minimum Gasteiger partial charge on any atom is -0.457 e. The zero-order valence-corrected chi connectivity index (χ0v) is 42.0. The lowest BCUT2D eigenvalue weighted by molar-refractivity contribution is -0.332. The van der Waals surface area contributed by atoms with Crippen molar-refractivity contribution in [2.45, 2.75) is 223 Å². The first-order valence-electron chi connectivity index (χ1n) is 26.2. The highest BCUT2D eigenvalue weighted by molar-refractivity contribution is 5.69. The summed E-state index contributed by atoms with van der Waals surface area (Å²) in [6, 6.07) is 0. The molecule has 2 saturated heterocycles. The van der Waals surface area contributed by atoms with Crippen LogP contribution in [0.1, 0.15) is 155 Å². The fraction of sp³-hybridized carbons (Fsp3) is 0.727. The lowest BCUT2D eigenvalue weighted by Gasteiger charge is -2.42. The van der Waals surface area contributed by atoms with Crippen molar-refractivity contribution in [3.63, 3.8) is 0 Å². The van der Waals surface area contributed by atoms with Crippen LogP contribution in [0.5, 0.6) is 0 Å². The van der Waals surface area contributed by atoms with Gasteiger partial charge in [0.2, 0.25) is 0 Å². The summed E-state index contributed by atoms with van der Waals surface area (Å²) in [5.74, 6) is -0.407. The molecule has 7 N–H and O–H groups in total. The average Bonchev–Trinajstić information content (AvgIpc) is 3.35. The Morgan fingerprint density at radius 1 is 0.493 bits per heavy atom. The van der Waals surface area contributed by atoms with E-state index in [1.165, 1.54) is 25.7 Å². The number of rotatable bonds is 40. The summed E-state index contributed by atoms with van der Waals surface area (Å²) >= 11 is 0. The molecule has 0 saturated carbocycles. The fourth-order valence-corrected chi connectivity index (χ4v) is 7.62. The molecule has 0 spiro atoms. The number of carbonyl (C=O) groups is 1. The highest BCUT2D eigenvalue weighted by atomic mass is 16.7. The molecular weight excluding hydrogens is 885 g/mol. The van der Waals surface area contributed by atoms with Crippen molar-refractivity contribution in [1.29, 1.82) is 0 Å². The van der Waals surface area contributed by atoms with Crippen molar-refractivity contribution in [3.8, 4) is 0 Å². The molecule has 11 atom stereocenters. The third-order valence-electron chi connectivity index (χ3n) is 11.9. The maximum atomic E-state index is 13.0. The summed E-state index contributed by atoms with van der Waals surface area (Å²) < 4.78 is 34.2. The first-order valence-corrected chi connectivity index (χ1v) is 26.2. The maximum Gasteiger partial charge on any atom is 0.306 e. The van der Waals surface area contributed by atoms with Gasteiger partial charge in [-0.15, -0.1) is 0 Å². The third-order valence-corrected chi connectivity index (χ3v) is 11.9. The smallest absolute Gasteiger partial charge is 0.306 e. The standard InChI is InChI=1S/C55H92O14/c1-3-5-7-9-11-13-15-17-18-19-20-21-22-23-24-25-26-27-28-30-32-34-36-38-47(57)67-44(41-64-39-37-35-33-31-29-16-14-12-10-8-6-4-2)42-65-54-53(63)51(61)49(59)46(69-54)43-66-55-52(62)50(60)48(58)45(40-56)68-55/h5,7,10-13,17-18,20-21,23-24,26-27,44-46,48-56,58-63H,3-4,6,8-9,14-16,19,22,25,28-43H2,1-2H3/b7-5-,12-10-,13-11-,18-17-,21-20-,24-23-,27-26-. The Morgan fingerprint density at radius 3 is 1.49 bits per heavy atom. The van der Waals surface area contributed by atoms with Gasteiger partial charge in [0.15, 0.2) is 12.6 Å². The number of hydrogen-bond acceptors (Lipinski definition) is 14. The Balaban J connectivity index is 1.76. The predicted molar refractivity (Wildman–Crippen MR) is 270 cm³/mol. The molecule has 2 heterocycles. The largest absolute Gasteiger partial charge is 0.457 e. The summed E-state index contributed by atoms with van der Waals surface area (Å²) in [4.78, 5) is 13.0. The van der Waals surface area contributed by atoms with E-state index < -0.39 is 86.7 Å². The maximum absolute atomic E-state index is 13.0. The van der Waals surface area contributed by atoms with Gasteiger partial charge in [0.1, 0.15) is 54.9 Å². The van der Waals surface area contributed by atoms with Crippen LogP contribution in [0.4, 0.5) is 0 Å². The zero-order chi connectivity index (χ0) is 50.2. The Kier molecular flexibility index (Phi) is 37.7. The second-order valence-electron chi connectivity index (χ2n) is 18.0. The van der Waals surface area contributed by atoms with Gasteiger partial charge in [-0.05, 0) is 83.5 Å². The Bertz CT molecular complexity index is 1460. The van der Waals surface area contributed by atoms with Crippen LogP contribution in [-0.2, 0) is 33.2 Å². The van der Waals surface area contributed by atoms with Crippen molar-refractivity contribution >= 4 is 5.97 Å². The average molecular weight is 977 g/mol. The van der Waals surface area contributed by atoms with Gasteiger partial charge in [-0.3, -0.25) is 4.79 Å². The Hall–Kier alpha value is -2.83. The molecular formula is C55H92O14. The molecule has 14 heteroatoms. The molecule has 2 rings (SSSR count). The highest BCUT2D eigenvalue weighted by Gasteiger charge is 2.47. The number of ether oxygens (including phenoxy) is 6. The molecule has 396 valence electrons. The second-order valence-corrected chi connectivity index (χ2v) is 18.0. The van der Waals surface area contributed by atoms with Crippen molar-refractivity contribution in [2.24, 2.45) is 0 Å². The van der Waals surface area contributed by atoms with Crippen molar-refractivity contribution in [2.75, 3.05) is 33.0 Å². The Labute approximate surface area is 414 Å². The van der Waals surface area contributed by atoms with Gasteiger partial charge in [-0.25, -0.2) is 0 Å². The minimum absolute atomic E-state index is 0.0414. The monoisotopic (exact) mass is 977 g/mol. The number of aliphatic hydroxyl groups is 7. The van der Waals surface area contributed by atoms with E-state index in [0.717, 1.165) is 103 Å². The van der Waals surface area contributed by atoms with E-state index in [1.807, 2.05) is 0 Å². The van der Waals surface area contributed by atoms with E-state index in [4.69, 9.17) is 28.4 Å². The molecule has 0 aromatic heterocycles. The molecule has 0 radical (unpaired) electrons. The number of esters is 1.